The number of rotatable bonds is 8. The molecule has 1 unspecified atom stereocenters. The number of anilines is 1. The van der Waals surface area contributed by atoms with E-state index in [0.29, 0.717) is 39.8 Å². The van der Waals surface area contributed by atoms with Gasteiger partial charge in [0.05, 0.1) is 45.2 Å². The predicted molar refractivity (Wildman–Crippen MR) is 145 cm³/mol. The summed E-state index contributed by atoms with van der Waals surface area (Å²) in [6.07, 6.45) is 6.54. The number of hydrogen-bond donors (Lipinski definition) is 3. The van der Waals surface area contributed by atoms with Gasteiger partial charge in [-0.25, -0.2) is 9.48 Å². The molecule has 206 valence electrons. The zero-order valence-corrected chi connectivity index (χ0v) is 22.3. The molecule has 0 spiro atoms. The van der Waals surface area contributed by atoms with Crippen LogP contribution in [0.2, 0.25) is 0 Å². The number of ether oxygens (including phenoxy) is 4. The van der Waals surface area contributed by atoms with Gasteiger partial charge >= 0.3 is 11.9 Å². The lowest BCUT2D eigenvalue weighted by Crippen LogP contribution is -2.29. The Morgan fingerprint density at radius 3 is 2.08 bits per heavy atom. The van der Waals surface area contributed by atoms with Gasteiger partial charge in [-0.05, 0) is 48.8 Å². The highest BCUT2D eigenvalue weighted by Crippen LogP contribution is 2.40. The van der Waals surface area contributed by atoms with E-state index in [-0.39, 0.29) is 12.0 Å². The van der Waals surface area contributed by atoms with Crippen LogP contribution in [-0.4, -0.2) is 60.4 Å². The molecule has 2 aromatic carbocycles. The summed E-state index contributed by atoms with van der Waals surface area (Å²) in [5, 5.41) is 22.8. The molecular weight excluding hydrogens is 506 g/mol. The lowest BCUT2D eigenvalue weighted by atomic mass is 9.76. The second-order valence-electron chi connectivity index (χ2n) is 8.76. The van der Waals surface area contributed by atoms with E-state index in [0.717, 1.165) is 5.69 Å². The fraction of sp³-hybridized carbons (Fsp3) is 0.250. The average Bonchev–Trinajstić information content (AvgIpc) is 3.47. The van der Waals surface area contributed by atoms with Crippen LogP contribution in [0.4, 0.5) is 5.69 Å². The second kappa shape index (κ2) is 12.1. The van der Waals surface area contributed by atoms with Crippen LogP contribution >= 0.6 is 0 Å². The predicted octanol–water partition coefficient (Wildman–Crippen LogP) is 4.06. The Morgan fingerprint density at radius 1 is 0.974 bits per heavy atom. The standard InChI is InChI=1S/C16H17NO5.C12H14N2O3/c1-16(15(20)21)7-10(5-11(8-16)14(18)19)9-3-4-13(22-2)12(17)6-9;1-15-10-7-9(14-6-4-5-13-14)8-11(16-2)12(10)17-3/h3-7H,8,17H2,1-2H3,(H,18,19)(H,20,21);4-8H,1-3H3. The highest BCUT2D eigenvalue weighted by molar-refractivity contribution is 5.96. The molecule has 1 atom stereocenters. The van der Waals surface area contributed by atoms with Crippen LogP contribution in [-0.2, 0) is 9.59 Å². The van der Waals surface area contributed by atoms with Gasteiger partial charge < -0.3 is 34.9 Å². The minimum absolute atomic E-state index is 0.0526. The average molecular weight is 538 g/mol. The molecule has 39 heavy (non-hydrogen) atoms. The Morgan fingerprint density at radius 2 is 1.62 bits per heavy atom. The molecule has 4 rings (SSSR count). The van der Waals surface area contributed by atoms with Crippen LogP contribution in [0.3, 0.4) is 0 Å². The number of benzene rings is 2. The summed E-state index contributed by atoms with van der Waals surface area (Å²) in [6.45, 7) is 1.50. The van der Waals surface area contributed by atoms with E-state index in [4.69, 9.17) is 24.7 Å². The maximum Gasteiger partial charge on any atom is 0.331 e. The number of methoxy groups -OCH3 is 4. The number of nitrogen functional groups attached to an aromatic ring is 1. The molecule has 0 radical (unpaired) electrons. The molecule has 0 bridgehead atoms. The number of aromatic nitrogens is 2. The molecule has 0 saturated heterocycles. The highest BCUT2D eigenvalue weighted by atomic mass is 16.5. The Kier molecular flexibility index (Phi) is 8.87. The SMILES string of the molecule is COc1cc(-n2cccn2)cc(OC)c1OC.COc1ccc(C2=CC(C)(C(=O)O)CC(C(=O)O)=C2)cc1N. The molecule has 11 heteroatoms. The summed E-state index contributed by atoms with van der Waals surface area (Å²) >= 11 is 0. The molecule has 1 aromatic heterocycles. The maximum atomic E-state index is 11.5. The first-order valence-electron chi connectivity index (χ1n) is 11.7. The number of carbonyl (C=O) groups is 2. The van der Waals surface area contributed by atoms with E-state index >= 15 is 0 Å². The first-order chi connectivity index (χ1) is 18.6. The summed E-state index contributed by atoms with van der Waals surface area (Å²) in [4.78, 5) is 22.8. The van der Waals surface area contributed by atoms with Crippen molar-refractivity contribution in [2.24, 2.45) is 5.41 Å². The van der Waals surface area contributed by atoms with Crippen molar-refractivity contribution in [2.45, 2.75) is 13.3 Å². The monoisotopic (exact) mass is 537 g/mol. The third kappa shape index (κ3) is 6.32. The Bertz CT molecular complexity index is 1390. The van der Waals surface area contributed by atoms with Crippen LogP contribution in [0.5, 0.6) is 23.0 Å². The van der Waals surface area contributed by atoms with Crippen molar-refractivity contribution in [3.8, 4) is 28.7 Å². The van der Waals surface area contributed by atoms with E-state index in [1.807, 2.05) is 24.4 Å². The molecular formula is C28H31N3O8. The summed E-state index contributed by atoms with van der Waals surface area (Å²) in [5.41, 5.74) is 7.04. The normalized spacial score (nSPS) is 16.1. The summed E-state index contributed by atoms with van der Waals surface area (Å²) in [6, 6.07) is 10.5. The number of nitrogens with two attached hydrogens (primary N) is 1. The van der Waals surface area contributed by atoms with Crippen molar-refractivity contribution in [3.63, 3.8) is 0 Å². The van der Waals surface area contributed by atoms with E-state index in [9.17, 15) is 19.8 Å². The van der Waals surface area contributed by atoms with Crippen molar-refractivity contribution >= 4 is 23.2 Å². The number of aliphatic carboxylic acids is 2. The lowest BCUT2D eigenvalue weighted by Gasteiger charge is -2.26. The van der Waals surface area contributed by atoms with Crippen LogP contribution in [0.25, 0.3) is 11.3 Å². The van der Waals surface area contributed by atoms with Crippen LogP contribution < -0.4 is 24.7 Å². The number of hydrogen-bond acceptors (Lipinski definition) is 8. The maximum absolute atomic E-state index is 11.5. The van der Waals surface area contributed by atoms with Crippen LogP contribution in [0.1, 0.15) is 18.9 Å². The summed E-state index contributed by atoms with van der Waals surface area (Å²) < 4.78 is 22.6. The van der Waals surface area contributed by atoms with Crippen molar-refractivity contribution < 1.29 is 38.7 Å². The Hall–Kier alpha value is -4.93. The van der Waals surface area contributed by atoms with Gasteiger partial charge in [0.1, 0.15) is 5.75 Å². The Balaban J connectivity index is 0.000000223. The van der Waals surface area contributed by atoms with Crippen LogP contribution in [0.15, 0.2) is 66.5 Å². The van der Waals surface area contributed by atoms with Crippen molar-refractivity contribution in [2.75, 3.05) is 34.2 Å². The van der Waals surface area contributed by atoms with Gasteiger partial charge in [-0.15, -0.1) is 0 Å². The molecule has 11 nitrogen and oxygen atoms in total. The third-order valence-electron chi connectivity index (χ3n) is 6.11. The third-order valence-corrected chi connectivity index (χ3v) is 6.11. The highest BCUT2D eigenvalue weighted by Gasteiger charge is 2.36. The Labute approximate surface area is 225 Å². The van der Waals surface area contributed by atoms with Crippen molar-refractivity contribution in [1.82, 2.24) is 9.78 Å². The quantitative estimate of drug-likeness (QED) is 0.358. The zero-order chi connectivity index (χ0) is 28.7. The number of carboxylic acids is 2. The van der Waals surface area contributed by atoms with Crippen molar-refractivity contribution in [3.05, 3.63) is 72.1 Å². The molecule has 1 heterocycles. The van der Waals surface area contributed by atoms with Gasteiger partial charge in [-0.2, -0.15) is 5.10 Å². The molecule has 4 N–H and O–H groups in total. The lowest BCUT2D eigenvalue weighted by molar-refractivity contribution is -0.145. The van der Waals surface area contributed by atoms with E-state index < -0.39 is 17.4 Å². The van der Waals surface area contributed by atoms with E-state index in [2.05, 4.69) is 5.10 Å². The first-order valence-corrected chi connectivity index (χ1v) is 11.7. The molecule has 1 aliphatic rings. The topological polar surface area (TPSA) is 155 Å². The molecule has 0 aliphatic heterocycles. The summed E-state index contributed by atoms with van der Waals surface area (Å²) in [5.74, 6) is 0.0992. The molecule has 0 saturated carbocycles. The van der Waals surface area contributed by atoms with Crippen LogP contribution in [0, 0.1) is 5.41 Å². The minimum Gasteiger partial charge on any atom is -0.495 e. The number of carboxylic acid groups (broad SMARTS) is 2. The van der Waals surface area contributed by atoms with Gasteiger partial charge in [0.25, 0.3) is 0 Å². The zero-order valence-electron chi connectivity index (χ0n) is 22.3. The molecule has 3 aromatic rings. The van der Waals surface area contributed by atoms with Gasteiger partial charge in [-0.3, -0.25) is 4.79 Å². The first kappa shape index (κ1) is 28.6. The van der Waals surface area contributed by atoms with Gasteiger partial charge in [0.15, 0.2) is 11.5 Å². The fourth-order valence-electron chi connectivity index (χ4n) is 4.05. The summed E-state index contributed by atoms with van der Waals surface area (Å²) in [7, 11) is 6.25. The van der Waals surface area contributed by atoms with E-state index in [1.54, 1.807) is 56.5 Å². The van der Waals surface area contributed by atoms with Gasteiger partial charge in [0, 0.05) is 30.1 Å². The minimum atomic E-state index is -1.27. The fourth-order valence-corrected chi connectivity index (χ4v) is 4.05. The van der Waals surface area contributed by atoms with Gasteiger partial charge in [0.2, 0.25) is 5.75 Å². The van der Waals surface area contributed by atoms with Crippen molar-refractivity contribution in [1.29, 1.82) is 0 Å². The van der Waals surface area contributed by atoms with Gasteiger partial charge in [-0.1, -0.05) is 12.1 Å². The molecule has 0 amide bonds. The smallest absolute Gasteiger partial charge is 0.331 e. The number of allylic oxidation sites excluding steroid dienone is 2. The largest absolute Gasteiger partial charge is 0.495 e. The number of nitrogens with zero attached hydrogens (tertiary/aromatic N) is 2. The molecule has 1 aliphatic carbocycles. The van der Waals surface area contributed by atoms with E-state index in [1.165, 1.54) is 20.1 Å². The molecule has 0 fully saturated rings. The second-order valence-corrected chi connectivity index (χ2v) is 8.76.